The number of aromatic nitrogens is 2. The normalized spacial score (nSPS) is 13.6. The summed E-state index contributed by atoms with van der Waals surface area (Å²) in [7, 11) is 0. The van der Waals surface area contributed by atoms with Gasteiger partial charge in [0, 0.05) is 29.3 Å². The Morgan fingerprint density at radius 1 is 1.08 bits per heavy atom. The van der Waals surface area contributed by atoms with Crippen LogP contribution in [0.25, 0.3) is 21.9 Å². The summed E-state index contributed by atoms with van der Waals surface area (Å²) >= 11 is 0. The Morgan fingerprint density at radius 3 is 2.58 bits per heavy atom. The summed E-state index contributed by atoms with van der Waals surface area (Å²) in [6.07, 6.45) is 5.22. The van der Waals surface area contributed by atoms with E-state index in [4.69, 9.17) is 5.11 Å². The second-order valence-electron chi connectivity index (χ2n) is 6.58. The van der Waals surface area contributed by atoms with Crippen molar-refractivity contribution in [2.24, 2.45) is 5.92 Å². The predicted molar refractivity (Wildman–Crippen MR) is 98.0 cm³/mol. The lowest BCUT2D eigenvalue weighted by Gasteiger charge is -2.09. The van der Waals surface area contributed by atoms with E-state index in [2.05, 4.69) is 15.3 Å². The number of carbonyl (C=O) groups is 2. The van der Waals surface area contributed by atoms with Gasteiger partial charge in [0.15, 0.2) is 0 Å². The van der Waals surface area contributed by atoms with Crippen LogP contribution in [0, 0.1) is 12.8 Å². The average molecular weight is 347 g/mol. The number of hydrogen-bond acceptors (Lipinski definition) is 4. The molecule has 4 rings (SSSR count). The highest BCUT2D eigenvalue weighted by molar-refractivity contribution is 5.96. The molecule has 0 radical (unpaired) electrons. The third-order valence-corrected chi connectivity index (χ3v) is 4.56. The van der Waals surface area contributed by atoms with Crippen LogP contribution in [-0.2, 0) is 4.79 Å². The number of anilines is 1. The Hall–Kier alpha value is -3.28. The van der Waals surface area contributed by atoms with Crippen molar-refractivity contribution >= 4 is 28.5 Å². The van der Waals surface area contributed by atoms with Crippen LogP contribution in [0.1, 0.15) is 28.9 Å². The van der Waals surface area contributed by atoms with Crippen LogP contribution in [-0.4, -0.2) is 27.0 Å². The zero-order valence-corrected chi connectivity index (χ0v) is 14.2. The third kappa shape index (κ3) is 3.13. The van der Waals surface area contributed by atoms with Crippen LogP contribution in [0.15, 0.2) is 42.7 Å². The molecule has 0 bridgehead atoms. The number of hydrogen-bond donors (Lipinski definition) is 2. The van der Waals surface area contributed by atoms with Gasteiger partial charge in [-0.15, -0.1) is 0 Å². The van der Waals surface area contributed by atoms with Crippen molar-refractivity contribution in [2.45, 2.75) is 19.8 Å². The zero-order chi connectivity index (χ0) is 18.3. The molecule has 1 aliphatic carbocycles. The number of fused-ring (bicyclic) bond motifs is 1. The van der Waals surface area contributed by atoms with Gasteiger partial charge in [0.1, 0.15) is 11.5 Å². The largest absolute Gasteiger partial charge is 0.477 e. The van der Waals surface area contributed by atoms with Crippen molar-refractivity contribution in [2.75, 3.05) is 5.32 Å². The number of carbonyl (C=O) groups excluding carboxylic acids is 1. The fraction of sp³-hybridized carbons (Fsp3) is 0.200. The van der Waals surface area contributed by atoms with E-state index in [1.807, 2.05) is 31.2 Å². The van der Waals surface area contributed by atoms with Crippen LogP contribution in [0.3, 0.4) is 0 Å². The van der Waals surface area contributed by atoms with Gasteiger partial charge in [-0.3, -0.25) is 4.79 Å². The van der Waals surface area contributed by atoms with E-state index < -0.39 is 5.97 Å². The molecule has 0 spiro atoms. The molecule has 3 aromatic rings. The maximum absolute atomic E-state index is 11.9. The topological polar surface area (TPSA) is 92.2 Å². The maximum atomic E-state index is 11.9. The van der Waals surface area contributed by atoms with Crippen molar-refractivity contribution < 1.29 is 14.7 Å². The van der Waals surface area contributed by atoms with Gasteiger partial charge in [-0.1, -0.05) is 12.1 Å². The molecule has 6 heteroatoms. The number of aromatic carboxylic acids is 1. The highest BCUT2D eigenvalue weighted by Gasteiger charge is 2.29. The first kappa shape index (κ1) is 16.2. The highest BCUT2D eigenvalue weighted by Crippen LogP contribution is 2.31. The van der Waals surface area contributed by atoms with Crippen molar-refractivity contribution in [3.8, 4) is 11.1 Å². The van der Waals surface area contributed by atoms with E-state index in [0.29, 0.717) is 5.82 Å². The Bertz CT molecular complexity index is 1040. The summed E-state index contributed by atoms with van der Waals surface area (Å²) in [5.74, 6) is -0.304. The Morgan fingerprint density at radius 2 is 1.88 bits per heavy atom. The van der Waals surface area contributed by atoms with Gasteiger partial charge in [0.05, 0.1) is 0 Å². The second-order valence-corrected chi connectivity index (χ2v) is 6.58. The average Bonchev–Trinajstić information content (AvgIpc) is 3.46. The first-order valence-corrected chi connectivity index (χ1v) is 8.42. The minimum atomic E-state index is -1.04. The first-order valence-electron chi connectivity index (χ1n) is 8.42. The van der Waals surface area contributed by atoms with E-state index in [1.54, 1.807) is 18.5 Å². The van der Waals surface area contributed by atoms with E-state index in [-0.39, 0.29) is 17.5 Å². The molecule has 0 unspecified atom stereocenters. The molecule has 1 fully saturated rings. The van der Waals surface area contributed by atoms with Gasteiger partial charge in [-0.2, -0.15) is 0 Å². The summed E-state index contributed by atoms with van der Waals surface area (Å²) < 4.78 is 0. The second kappa shape index (κ2) is 6.22. The molecule has 0 saturated heterocycles. The maximum Gasteiger partial charge on any atom is 0.354 e. The standard InChI is InChI=1S/C20H17N3O3/c1-11-6-17(20(25)26)21-10-16(11)14-5-4-13-8-18(22-9-15(13)7-14)23-19(24)12-2-3-12/h4-10,12H,2-3H2,1H3,(H,25,26)(H,22,23,24). The van der Waals surface area contributed by atoms with Gasteiger partial charge in [-0.25, -0.2) is 14.8 Å². The summed E-state index contributed by atoms with van der Waals surface area (Å²) in [6.45, 7) is 1.86. The molecule has 2 aromatic heterocycles. The molecule has 6 nitrogen and oxygen atoms in total. The zero-order valence-electron chi connectivity index (χ0n) is 14.2. The van der Waals surface area contributed by atoms with Gasteiger partial charge in [0.2, 0.25) is 5.91 Å². The minimum Gasteiger partial charge on any atom is -0.477 e. The van der Waals surface area contributed by atoms with Gasteiger partial charge < -0.3 is 10.4 Å². The van der Waals surface area contributed by atoms with Crippen molar-refractivity contribution in [1.82, 2.24) is 9.97 Å². The number of carboxylic acids is 1. The molecule has 1 aromatic carbocycles. The van der Waals surface area contributed by atoms with Crippen molar-refractivity contribution in [3.63, 3.8) is 0 Å². The lowest BCUT2D eigenvalue weighted by atomic mass is 9.99. The fourth-order valence-electron chi connectivity index (χ4n) is 2.93. The molecular weight excluding hydrogens is 330 g/mol. The van der Waals surface area contributed by atoms with E-state index in [0.717, 1.165) is 40.3 Å². The lowest BCUT2D eigenvalue weighted by Crippen LogP contribution is -2.14. The molecule has 0 aliphatic heterocycles. The fourth-order valence-corrected chi connectivity index (χ4v) is 2.93. The Labute approximate surface area is 149 Å². The van der Waals surface area contributed by atoms with Crippen molar-refractivity contribution in [3.05, 3.63) is 54.0 Å². The van der Waals surface area contributed by atoms with Crippen LogP contribution < -0.4 is 5.32 Å². The third-order valence-electron chi connectivity index (χ3n) is 4.56. The highest BCUT2D eigenvalue weighted by atomic mass is 16.4. The molecule has 130 valence electrons. The minimum absolute atomic E-state index is 0.0322. The lowest BCUT2D eigenvalue weighted by molar-refractivity contribution is -0.117. The quantitative estimate of drug-likeness (QED) is 0.751. The summed E-state index contributed by atoms with van der Waals surface area (Å²) in [6, 6.07) is 9.33. The van der Waals surface area contributed by atoms with Crippen LogP contribution >= 0.6 is 0 Å². The first-order chi connectivity index (χ1) is 12.5. The summed E-state index contributed by atoms with van der Waals surface area (Å²) in [5.41, 5.74) is 2.70. The molecule has 0 atom stereocenters. The number of carboxylic acid groups (broad SMARTS) is 1. The summed E-state index contributed by atoms with van der Waals surface area (Å²) in [4.78, 5) is 31.2. The smallest absolute Gasteiger partial charge is 0.354 e. The Kier molecular flexibility index (Phi) is 3.88. The number of aryl methyl sites for hydroxylation is 1. The number of benzene rings is 1. The number of rotatable bonds is 4. The van der Waals surface area contributed by atoms with Crippen LogP contribution in [0.5, 0.6) is 0 Å². The molecule has 1 saturated carbocycles. The number of nitrogens with one attached hydrogen (secondary N) is 1. The SMILES string of the molecule is Cc1cc(C(=O)O)ncc1-c1ccc2cc(NC(=O)C3CC3)ncc2c1. The van der Waals surface area contributed by atoms with E-state index >= 15 is 0 Å². The summed E-state index contributed by atoms with van der Waals surface area (Å²) in [5, 5.41) is 13.8. The molecule has 1 amide bonds. The van der Waals surface area contributed by atoms with Crippen molar-refractivity contribution in [1.29, 1.82) is 0 Å². The van der Waals surface area contributed by atoms with Gasteiger partial charge in [-0.05, 0) is 54.5 Å². The Balaban J connectivity index is 1.65. The number of amides is 1. The van der Waals surface area contributed by atoms with Crippen LogP contribution in [0.4, 0.5) is 5.82 Å². The number of pyridine rings is 2. The van der Waals surface area contributed by atoms with E-state index in [1.165, 1.54) is 0 Å². The molecule has 2 N–H and O–H groups in total. The van der Waals surface area contributed by atoms with Gasteiger partial charge in [0.25, 0.3) is 0 Å². The van der Waals surface area contributed by atoms with Crippen LogP contribution in [0.2, 0.25) is 0 Å². The monoisotopic (exact) mass is 347 g/mol. The molecule has 26 heavy (non-hydrogen) atoms. The molecule has 1 aliphatic rings. The van der Waals surface area contributed by atoms with Gasteiger partial charge >= 0.3 is 5.97 Å². The molecular formula is C20H17N3O3. The molecule has 2 heterocycles. The predicted octanol–water partition coefficient (Wildman–Crippen LogP) is 3.65. The number of nitrogens with zero attached hydrogens (tertiary/aromatic N) is 2. The van der Waals surface area contributed by atoms with E-state index in [9.17, 15) is 9.59 Å².